The zero-order valence-corrected chi connectivity index (χ0v) is 18.1. The highest BCUT2D eigenvalue weighted by Crippen LogP contribution is 2.34. The lowest BCUT2D eigenvalue weighted by Crippen LogP contribution is -2.34. The second-order valence-electron chi connectivity index (χ2n) is 6.96. The number of carbonyl (C=O) groups is 1. The molecule has 150 valence electrons. The summed E-state index contributed by atoms with van der Waals surface area (Å²) in [6, 6.07) is 7.42. The molecule has 1 aromatic carbocycles. The highest BCUT2D eigenvalue weighted by Gasteiger charge is 2.25. The number of aromatic nitrogens is 4. The van der Waals surface area contributed by atoms with Crippen molar-refractivity contribution in [1.29, 1.82) is 0 Å². The fourth-order valence-electron chi connectivity index (χ4n) is 3.18. The maximum Gasteiger partial charge on any atom is 0.298 e. The largest absolute Gasteiger partial charge is 0.351 e. The Labute approximate surface area is 176 Å². The quantitative estimate of drug-likeness (QED) is 0.459. The predicted octanol–water partition coefficient (Wildman–Crippen LogP) is 4.71. The number of fused-ring (bicyclic) bond motifs is 1. The molecule has 9 heteroatoms. The van der Waals surface area contributed by atoms with Gasteiger partial charge in [0.1, 0.15) is 0 Å². The summed E-state index contributed by atoms with van der Waals surface area (Å²) in [7, 11) is 0. The highest BCUT2D eigenvalue weighted by molar-refractivity contribution is 7.22. The minimum Gasteiger partial charge on any atom is -0.351 e. The Morgan fingerprint density at radius 2 is 2.00 bits per heavy atom. The van der Waals surface area contributed by atoms with Gasteiger partial charge in [0.2, 0.25) is 5.76 Å². The van der Waals surface area contributed by atoms with Crippen molar-refractivity contribution < 1.29 is 9.32 Å². The standard InChI is InChI=1S/C20H20ClN5O2S/c1-11-9-13(3)26(23-11)8-7-25(19(27)16-10-12(2)24-28-16)20-22-18-14(4)15(21)5-6-17(18)29-20/h5-6,9-10H,7-8H2,1-4H3. The Bertz CT molecular complexity index is 1210. The van der Waals surface area contributed by atoms with E-state index in [2.05, 4.69) is 10.3 Å². The first kappa shape index (κ1) is 19.6. The Balaban J connectivity index is 1.72. The molecule has 0 saturated carbocycles. The minimum atomic E-state index is -0.282. The van der Waals surface area contributed by atoms with E-state index >= 15 is 0 Å². The SMILES string of the molecule is Cc1cc(C(=O)N(CCn2nc(C)cc2C)c2nc3c(C)c(Cl)ccc3s2)on1. The van der Waals surface area contributed by atoms with Gasteiger partial charge in [-0.05, 0) is 51.5 Å². The van der Waals surface area contributed by atoms with Gasteiger partial charge in [0.15, 0.2) is 5.13 Å². The summed E-state index contributed by atoms with van der Waals surface area (Å²) in [4.78, 5) is 19.5. The van der Waals surface area contributed by atoms with Gasteiger partial charge in [-0.25, -0.2) is 4.98 Å². The van der Waals surface area contributed by atoms with Crippen molar-refractivity contribution in [1.82, 2.24) is 19.9 Å². The summed E-state index contributed by atoms with van der Waals surface area (Å²) < 4.78 is 8.07. The topological polar surface area (TPSA) is 77.0 Å². The summed E-state index contributed by atoms with van der Waals surface area (Å²) in [5.74, 6) is -0.0974. The number of carbonyl (C=O) groups excluding carboxylic acids is 1. The molecule has 0 bridgehead atoms. The van der Waals surface area contributed by atoms with Gasteiger partial charge >= 0.3 is 0 Å². The number of aryl methyl sites for hydroxylation is 4. The van der Waals surface area contributed by atoms with E-state index in [-0.39, 0.29) is 11.7 Å². The van der Waals surface area contributed by atoms with Crippen molar-refractivity contribution in [3.8, 4) is 0 Å². The van der Waals surface area contributed by atoms with E-state index in [1.54, 1.807) is 17.9 Å². The molecule has 0 spiro atoms. The summed E-state index contributed by atoms with van der Waals surface area (Å²) in [5.41, 5.74) is 4.33. The summed E-state index contributed by atoms with van der Waals surface area (Å²) in [5, 5.41) is 9.57. The molecular formula is C20H20ClN5O2S. The first-order valence-electron chi connectivity index (χ1n) is 9.15. The third-order valence-corrected chi connectivity index (χ3v) is 6.14. The van der Waals surface area contributed by atoms with Gasteiger partial charge in [-0.2, -0.15) is 5.10 Å². The molecule has 3 heterocycles. The molecule has 0 fully saturated rings. The smallest absolute Gasteiger partial charge is 0.298 e. The van der Waals surface area contributed by atoms with Gasteiger partial charge in [0.25, 0.3) is 5.91 Å². The Morgan fingerprint density at radius 1 is 1.21 bits per heavy atom. The second kappa shape index (κ2) is 7.61. The molecule has 4 rings (SSSR count). The Hall–Kier alpha value is -2.71. The zero-order chi connectivity index (χ0) is 20.7. The van der Waals surface area contributed by atoms with Crippen LogP contribution in [0.1, 0.15) is 33.2 Å². The van der Waals surface area contributed by atoms with Crippen molar-refractivity contribution >= 4 is 44.2 Å². The molecule has 0 radical (unpaired) electrons. The molecule has 0 atom stereocenters. The normalized spacial score (nSPS) is 11.3. The molecule has 0 saturated heterocycles. The van der Waals surface area contributed by atoms with Crippen molar-refractivity contribution in [2.24, 2.45) is 0 Å². The van der Waals surface area contributed by atoms with Crippen LogP contribution < -0.4 is 4.90 Å². The first-order valence-corrected chi connectivity index (χ1v) is 10.3. The monoisotopic (exact) mass is 429 g/mol. The van der Waals surface area contributed by atoms with Crippen LogP contribution in [0.15, 0.2) is 28.8 Å². The average molecular weight is 430 g/mol. The molecule has 4 aromatic rings. The Kier molecular flexibility index (Phi) is 5.14. The maximum absolute atomic E-state index is 13.2. The van der Waals surface area contributed by atoms with E-state index < -0.39 is 0 Å². The van der Waals surface area contributed by atoms with E-state index in [1.807, 2.05) is 43.7 Å². The number of anilines is 1. The van der Waals surface area contributed by atoms with Gasteiger partial charge in [-0.15, -0.1) is 0 Å². The van der Waals surface area contributed by atoms with Gasteiger partial charge < -0.3 is 4.52 Å². The number of hydrogen-bond donors (Lipinski definition) is 0. The first-order chi connectivity index (χ1) is 13.8. The molecule has 0 aliphatic heterocycles. The number of amides is 1. The number of nitrogens with zero attached hydrogens (tertiary/aromatic N) is 5. The van der Waals surface area contributed by atoms with Crippen molar-refractivity contribution in [2.75, 3.05) is 11.4 Å². The van der Waals surface area contributed by atoms with E-state index in [0.717, 1.165) is 27.2 Å². The van der Waals surface area contributed by atoms with Crippen LogP contribution in [0.2, 0.25) is 5.02 Å². The van der Waals surface area contributed by atoms with Crippen LogP contribution in [0.25, 0.3) is 10.2 Å². The molecular weight excluding hydrogens is 410 g/mol. The van der Waals surface area contributed by atoms with E-state index in [9.17, 15) is 4.79 Å². The van der Waals surface area contributed by atoms with Crippen LogP contribution >= 0.6 is 22.9 Å². The van der Waals surface area contributed by atoms with Gasteiger partial charge in [-0.3, -0.25) is 14.4 Å². The molecule has 29 heavy (non-hydrogen) atoms. The third kappa shape index (κ3) is 3.77. The highest BCUT2D eigenvalue weighted by atomic mass is 35.5. The predicted molar refractivity (Wildman–Crippen MR) is 114 cm³/mol. The van der Waals surface area contributed by atoms with E-state index in [4.69, 9.17) is 21.1 Å². The van der Waals surface area contributed by atoms with Crippen LogP contribution in [-0.2, 0) is 6.54 Å². The maximum atomic E-state index is 13.2. The molecule has 0 unspecified atom stereocenters. The van der Waals surface area contributed by atoms with Gasteiger partial charge in [0.05, 0.1) is 28.1 Å². The third-order valence-electron chi connectivity index (χ3n) is 4.69. The van der Waals surface area contributed by atoms with Crippen LogP contribution in [0.5, 0.6) is 0 Å². The van der Waals surface area contributed by atoms with E-state index in [1.165, 1.54) is 11.3 Å². The molecule has 0 aliphatic carbocycles. The van der Waals surface area contributed by atoms with Gasteiger partial charge in [-0.1, -0.05) is 28.1 Å². The van der Waals surface area contributed by atoms with E-state index in [0.29, 0.717) is 28.9 Å². The zero-order valence-electron chi connectivity index (χ0n) is 16.6. The fourth-order valence-corrected chi connectivity index (χ4v) is 4.38. The average Bonchev–Trinajstić information content (AvgIpc) is 3.37. The molecule has 0 aliphatic rings. The molecule has 3 aromatic heterocycles. The molecule has 7 nitrogen and oxygen atoms in total. The number of benzene rings is 1. The molecule has 1 amide bonds. The number of halogens is 1. The molecule has 0 N–H and O–H groups in total. The van der Waals surface area contributed by atoms with Crippen LogP contribution in [-0.4, -0.2) is 32.4 Å². The lowest BCUT2D eigenvalue weighted by atomic mass is 10.2. The van der Waals surface area contributed by atoms with Crippen LogP contribution in [0, 0.1) is 27.7 Å². The van der Waals surface area contributed by atoms with Crippen LogP contribution in [0.4, 0.5) is 5.13 Å². The van der Waals surface area contributed by atoms with Crippen molar-refractivity contribution in [3.05, 3.63) is 57.7 Å². The second-order valence-corrected chi connectivity index (χ2v) is 8.37. The van der Waals surface area contributed by atoms with Gasteiger partial charge in [0, 0.05) is 23.3 Å². The Morgan fingerprint density at radius 3 is 2.66 bits per heavy atom. The lowest BCUT2D eigenvalue weighted by Gasteiger charge is -2.18. The summed E-state index contributed by atoms with van der Waals surface area (Å²) >= 11 is 7.69. The number of thiazole rings is 1. The number of rotatable bonds is 5. The van der Waals surface area contributed by atoms with Crippen molar-refractivity contribution in [2.45, 2.75) is 34.2 Å². The number of hydrogen-bond acceptors (Lipinski definition) is 6. The lowest BCUT2D eigenvalue weighted by molar-refractivity contribution is 0.0950. The fraction of sp³-hybridized carbons (Fsp3) is 0.300. The summed E-state index contributed by atoms with van der Waals surface area (Å²) in [6.07, 6.45) is 0. The summed E-state index contributed by atoms with van der Waals surface area (Å²) in [6.45, 7) is 8.58. The van der Waals surface area contributed by atoms with Crippen LogP contribution in [0.3, 0.4) is 0 Å². The van der Waals surface area contributed by atoms with Crippen molar-refractivity contribution in [3.63, 3.8) is 0 Å². The minimum absolute atomic E-state index is 0.185.